The predicted octanol–water partition coefficient (Wildman–Crippen LogP) is 3.13. The second kappa shape index (κ2) is 5.46. The first-order valence-electron chi connectivity index (χ1n) is 6.95. The van der Waals surface area contributed by atoms with Crippen LogP contribution >= 0.6 is 11.6 Å². The molecule has 4 nitrogen and oxygen atoms in total. The minimum absolute atomic E-state index is 0.0644. The molecule has 1 aliphatic rings. The van der Waals surface area contributed by atoms with Gasteiger partial charge < -0.3 is 0 Å². The number of aryl methyl sites for hydroxylation is 1. The Morgan fingerprint density at radius 2 is 1.95 bits per heavy atom. The molecule has 6 heteroatoms. The summed E-state index contributed by atoms with van der Waals surface area (Å²) in [6.45, 7) is 0.329. The van der Waals surface area contributed by atoms with Gasteiger partial charge in [0.15, 0.2) is 0 Å². The number of benzene rings is 1. The Morgan fingerprint density at radius 1 is 1.29 bits per heavy atom. The van der Waals surface area contributed by atoms with Gasteiger partial charge in [-0.05, 0) is 12.8 Å². The lowest BCUT2D eigenvalue weighted by molar-refractivity contribution is 0.585. The number of hydrogen-bond donors (Lipinski definition) is 0. The minimum Gasteiger partial charge on any atom is -0.262 e. The summed E-state index contributed by atoms with van der Waals surface area (Å²) in [5, 5.41) is 5.24. The van der Waals surface area contributed by atoms with Crippen molar-refractivity contribution < 1.29 is 8.42 Å². The van der Waals surface area contributed by atoms with Gasteiger partial charge in [-0.2, -0.15) is 5.10 Å². The van der Waals surface area contributed by atoms with E-state index in [2.05, 4.69) is 5.10 Å². The minimum atomic E-state index is -3.03. The fraction of sp³-hybridized carbons (Fsp3) is 0.400. The molecule has 1 aliphatic carbocycles. The quantitative estimate of drug-likeness (QED) is 0.849. The van der Waals surface area contributed by atoms with Crippen molar-refractivity contribution in [1.29, 1.82) is 0 Å². The number of hydrogen-bond acceptors (Lipinski definition) is 3. The number of aromatic nitrogens is 2. The second-order valence-corrected chi connectivity index (χ2v) is 8.18. The average Bonchev–Trinajstić information content (AvgIpc) is 3.21. The van der Waals surface area contributed by atoms with Gasteiger partial charge in [-0.15, -0.1) is 0 Å². The molecular formula is C15H17ClN2O2S. The fourth-order valence-corrected chi connectivity index (χ4v) is 3.27. The zero-order chi connectivity index (χ0) is 15.0. The third kappa shape index (κ3) is 3.30. The van der Waals surface area contributed by atoms with Gasteiger partial charge in [0.25, 0.3) is 0 Å². The predicted molar refractivity (Wildman–Crippen MR) is 84.4 cm³/mol. The Bertz CT molecular complexity index is 749. The first-order valence-corrected chi connectivity index (χ1v) is 9.39. The van der Waals surface area contributed by atoms with Crippen LogP contribution in [-0.4, -0.2) is 30.2 Å². The van der Waals surface area contributed by atoms with E-state index in [4.69, 9.17) is 11.6 Å². The summed E-state index contributed by atoms with van der Waals surface area (Å²) in [5.41, 5.74) is 2.70. The zero-order valence-electron chi connectivity index (χ0n) is 11.8. The molecule has 1 heterocycles. The summed E-state index contributed by atoms with van der Waals surface area (Å²) >= 11 is 6.52. The van der Waals surface area contributed by atoms with Gasteiger partial charge in [-0.1, -0.05) is 41.9 Å². The van der Waals surface area contributed by atoms with Crippen LogP contribution in [0.3, 0.4) is 0 Å². The molecule has 1 aromatic carbocycles. The standard InChI is InChI=1S/C15H17ClN2O2S/c1-21(19,20)10-9-18-15(12-5-3-2-4-6-12)13(16)14(17-18)11-7-8-11/h2-6,11H,7-10H2,1H3. The topological polar surface area (TPSA) is 52.0 Å². The fourth-order valence-electron chi connectivity index (χ4n) is 2.36. The summed E-state index contributed by atoms with van der Waals surface area (Å²) in [5.74, 6) is 0.494. The molecule has 0 atom stereocenters. The van der Waals surface area contributed by atoms with E-state index in [0.717, 1.165) is 29.8 Å². The van der Waals surface area contributed by atoms with Crippen LogP contribution in [0.4, 0.5) is 0 Å². The average molecular weight is 325 g/mol. The molecule has 0 amide bonds. The van der Waals surface area contributed by atoms with Gasteiger partial charge in [0.05, 0.1) is 28.7 Å². The van der Waals surface area contributed by atoms with Crippen molar-refractivity contribution in [3.05, 3.63) is 41.0 Å². The second-order valence-electron chi connectivity index (χ2n) is 5.54. The highest BCUT2D eigenvalue weighted by Gasteiger charge is 2.31. The molecule has 0 bridgehead atoms. The Labute approximate surface area is 129 Å². The van der Waals surface area contributed by atoms with Gasteiger partial charge >= 0.3 is 0 Å². The maximum absolute atomic E-state index is 11.4. The molecule has 3 rings (SSSR count). The maximum Gasteiger partial charge on any atom is 0.149 e. The van der Waals surface area contributed by atoms with E-state index >= 15 is 0 Å². The van der Waals surface area contributed by atoms with E-state index in [1.807, 2.05) is 30.3 Å². The van der Waals surface area contributed by atoms with Gasteiger partial charge in [-0.3, -0.25) is 4.68 Å². The number of rotatable bonds is 5. The van der Waals surface area contributed by atoms with Crippen molar-refractivity contribution in [3.8, 4) is 11.3 Å². The van der Waals surface area contributed by atoms with Gasteiger partial charge in [0, 0.05) is 17.7 Å². The van der Waals surface area contributed by atoms with Gasteiger partial charge in [-0.25, -0.2) is 8.42 Å². The molecule has 0 unspecified atom stereocenters. The van der Waals surface area contributed by atoms with E-state index in [-0.39, 0.29) is 5.75 Å². The van der Waals surface area contributed by atoms with Crippen molar-refractivity contribution in [1.82, 2.24) is 9.78 Å². The van der Waals surface area contributed by atoms with Crippen LogP contribution in [0, 0.1) is 0 Å². The smallest absolute Gasteiger partial charge is 0.149 e. The normalized spacial score (nSPS) is 15.3. The highest BCUT2D eigenvalue weighted by Crippen LogP contribution is 2.45. The van der Waals surface area contributed by atoms with Gasteiger partial charge in [0.1, 0.15) is 9.84 Å². The third-order valence-corrected chi connectivity index (χ3v) is 4.90. The van der Waals surface area contributed by atoms with Crippen LogP contribution in [0.25, 0.3) is 11.3 Å². The van der Waals surface area contributed by atoms with E-state index in [9.17, 15) is 8.42 Å². The van der Waals surface area contributed by atoms with E-state index in [1.165, 1.54) is 6.26 Å². The largest absolute Gasteiger partial charge is 0.262 e. The van der Waals surface area contributed by atoms with Crippen molar-refractivity contribution in [2.24, 2.45) is 0 Å². The van der Waals surface area contributed by atoms with E-state index in [1.54, 1.807) is 4.68 Å². The van der Waals surface area contributed by atoms with Crippen LogP contribution in [0.2, 0.25) is 5.02 Å². The SMILES string of the molecule is CS(=O)(=O)CCn1nc(C2CC2)c(Cl)c1-c1ccccc1. The van der Waals surface area contributed by atoms with E-state index < -0.39 is 9.84 Å². The third-order valence-electron chi connectivity index (χ3n) is 3.60. The molecule has 2 aromatic rings. The summed E-state index contributed by atoms with van der Waals surface area (Å²) < 4.78 is 24.6. The molecular weight excluding hydrogens is 308 g/mol. The molecule has 0 radical (unpaired) electrons. The lowest BCUT2D eigenvalue weighted by Gasteiger charge is -2.07. The lowest BCUT2D eigenvalue weighted by atomic mass is 10.1. The molecule has 1 saturated carbocycles. The molecule has 0 spiro atoms. The molecule has 0 N–H and O–H groups in total. The van der Waals surface area contributed by atoms with Crippen molar-refractivity contribution >= 4 is 21.4 Å². The molecule has 1 aromatic heterocycles. The lowest BCUT2D eigenvalue weighted by Crippen LogP contribution is -2.13. The first-order chi connectivity index (χ1) is 9.96. The molecule has 1 fully saturated rings. The molecule has 21 heavy (non-hydrogen) atoms. The number of halogens is 1. The first kappa shape index (κ1) is 14.6. The van der Waals surface area contributed by atoms with Gasteiger partial charge in [0.2, 0.25) is 0 Å². The molecule has 0 aliphatic heterocycles. The maximum atomic E-state index is 11.4. The molecule has 112 valence electrons. The molecule has 0 saturated heterocycles. The Morgan fingerprint density at radius 3 is 2.52 bits per heavy atom. The van der Waals surface area contributed by atoms with Crippen LogP contribution in [0.1, 0.15) is 24.5 Å². The summed E-state index contributed by atoms with van der Waals surface area (Å²) in [4.78, 5) is 0. The van der Waals surface area contributed by atoms with E-state index in [0.29, 0.717) is 17.5 Å². The number of sulfone groups is 1. The highest BCUT2D eigenvalue weighted by atomic mass is 35.5. The van der Waals surface area contributed by atoms with Crippen LogP contribution in [0.15, 0.2) is 30.3 Å². The monoisotopic (exact) mass is 324 g/mol. The summed E-state index contributed by atoms with van der Waals surface area (Å²) in [6, 6.07) is 9.76. The zero-order valence-corrected chi connectivity index (χ0v) is 13.4. The summed E-state index contributed by atoms with van der Waals surface area (Å²) in [6.07, 6.45) is 3.45. The highest BCUT2D eigenvalue weighted by molar-refractivity contribution is 7.90. The van der Waals surface area contributed by atoms with Crippen molar-refractivity contribution in [2.45, 2.75) is 25.3 Å². The summed E-state index contributed by atoms with van der Waals surface area (Å²) in [7, 11) is -3.03. The Kier molecular flexibility index (Phi) is 3.80. The Balaban J connectivity index is 2.03. The van der Waals surface area contributed by atoms with Crippen molar-refractivity contribution in [2.75, 3.05) is 12.0 Å². The van der Waals surface area contributed by atoms with Crippen LogP contribution < -0.4 is 0 Å². The number of nitrogens with zero attached hydrogens (tertiary/aromatic N) is 2. The van der Waals surface area contributed by atoms with Crippen molar-refractivity contribution in [3.63, 3.8) is 0 Å². The van der Waals surface area contributed by atoms with Crippen LogP contribution in [0.5, 0.6) is 0 Å². The Hall–Kier alpha value is -1.33. The van der Waals surface area contributed by atoms with Crippen LogP contribution in [-0.2, 0) is 16.4 Å².